The third-order valence-electron chi connectivity index (χ3n) is 2.11. The molecule has 78 valence electrons. The second kappa shape index (κ2) is 5.22. The average molecular weight is 211 g/mol. The number of nitrogens with two attached hydrogens (primary N) is 1. The Morgan fingerprint density at radius 3 is 2.86 bits per heavy atom. The third kappa shape index (κ3) is 2.62. The second-order valence-electron chi connectivity index (χ2n) is 3.65. The third-order valence-corrected chi connectivity index (χ3v) is 2.98. The van der Waals surface area contributed by atoms with E-state index in [0.29, 0.717) is 5.92 Å². The molecule has 1 aromatic heterocycles. The van der Waals surface area contributed by atoms with Gasteiger partial charge in [0.15, 0.2) is 0 Å². The van der Waals surface area contributed by atoms with Crippen LogP contribution >= 0.6 is 11.5 Å². The van der Waals surface area contributed by atoms with Crippen molar-refractivity contribution in [3.8, 4) is 0 Å². The van der Waals surface area contributed by atoms with Gasteiger partial charge in [-0.15, -0.1) is 11.7 Å². The Balaban J connectivity index is 2.73. The van der Waals surface area contributed by atoms with E-state index in [-0.39, 0.29) is 6.04 Å². The number of hydrogen-bond donors (Lipinski definition) is 1. The predicted octanol–water partition coefficient (Wildman–Crippen LogP) is 2.63. The van der Waals surface area contributed by atoms with Crippen molar-refractivity contribution in [1.82, 2.24) is 9.59 Å². The van der Waals surface area contributed by atoms with Gasteiger partial charge in [-0.3, -0.25) is 0 Å². The number of nitrogens with zero attached hydrogens (tertiary/aromatic N) is 2. The Hall–Kier alpha value is -0.740. The maximum atomic E-state index is 6.05. The van der Waals surface area contributed by atoms with Gasteiger partial charge < -0.3 is 5.73 Å². The molecule has 0 aliphatic heterocycles. The predicted molar refractivity (Wildman–Crippen MR) is 60.4 cm³/mol. The van der Waals surface area contributed by atoms with Crippen molar-refractivity contribution in [2.45, 2.75) is 38.6 Å². The van der Waals surface area contributed by atoms with Crippen molar-refractivity contribution in [1.29, 1.82) is 0 Å². The van der Waals surface area contributed by atoms with E-state index >= 15 is 0 Å². The smallest absolute Gasteiger partial charge is 0.0828 e. The lowest BCUT2D eigenvalue weighted by Crippen LogP contribution is -2.11. The summed E-state index contributed by atoms with van der Waals surface area (Å²) in [4.78, 5) is 1.13. The van der Waals surface area contributed by atoms with E-state index in [1.54, 1.807) is 0 Å². The van der Waals surface area contributed by atoms with Gasteiger partial charge in [0.05, 0.1) is 10.6 Å². The maximum absolute atomic E-state index is 6.05. The van der Waals surface area contributed by atoms with Crippen LogP contribution in [0.25, 0.3) is 0 Å². The molecule has 14 heavy (non-hydrogen) atoms. The molecule has 3 nitrogen and oxygen atoms in total. The first kappa shape index (κ1) is 11.3. The van der Waals surface area contributed by atoms with Gasteiger partial charge in [0.25, 0.3) is 0 Å². The highest BCUT2D eigenvalue weighted by molar-refractivity contribution is 7.05. The van der Waals surface area contributed by atoms with E-state index < -0.39 is 0 Å². The molecular formula is C10H17N3S. The number of rotatable bonds is 5. The molecule has 0 aliphatic rings. The van der Waals surface area contributed by atoms with E-state index in [4.69, 9.17) is 5.73 Å². The molecular weight excluding hydrogens is 194 g/mol. The van der Waals surface area contributed by atoms with Crippen LogP contribution < -0.4 is 5.73 Å². The molecule has 4 heteroatoms. The Bertz CT molecular complexity index is 293. The zero-order valence-electron chi connectivity index (χ0n) is 8.73. The summed E-state index contributed by atoms with van der Waals surface area (Å²) in [5.74, 6) is 0.401. The highest BCUT2D eigenvalue weighted by Gasteiger charge is 2.17. The molecule has 0 aliphatic carbocycles. The minimum Gasteiger partial charge on any atom is -0.323 e. The normalized spacial score (nSPS) is 13.1. The highest BCUT2D eigenvalue weighted by Crippen LogP contribution is 2.27. The number of allylic oxidation sites excluding steroid dienone is 1. The summed E-state index contributed by atoms with van der Waals surface area (Å²) in [5, 5.41) is 4.11. The molecule has 0 aromatic carbocycles. The minimum atomic E-state index is 0.0606. The molecule has 1 aromatic rings. The SMILES string of the molecule is C=CCCC(N)c1snnc1C(C)C. The van der Waals surface area contributed by atoms with Crippen LogP contribution in [-0.4, -0.2) is 9.59 Å². The molecule has 0 radical (unpaired) electrons. The lowest BCUT2D eigenvalue weighted by molar-refractivity contribution is 0.653. The molecule has 0 saturated carbocycles. The fraction of sp³-hybridized carbons (Fsp3) is 0.600. The Morgan fingerprint density at radius 2 is 2.29 bits per heavy atom. The summed E-state index contributed by atoms with van der Waals surface area (Å²) >= 11 is 1.42. The van der Waals surface area contributed by atoms with Gasteiger partial charge in [-0.25, -0.2) is 0 Å². The van der Waals surface area contributed by atoms with E-state index in [1.165, 1.54) is 11.5 Å². The van der Waals surface area contributed by atoms with E-state index in [9.17, 15) is 0 Å². The van der Waals surface area contributed by atoms with Crippen LogP contribution in [0.1, 0.15) is 49.2 Å². The van der Waals surface area contributed by atoms with Crippen molar-refractivity contribution in [3.05, 3.63) is 23.2 Å². The van der Waals surface area contributed by atoms with Crippen LogP contribution in [0.4, 0.5) is 0 Å². The zero-order chi connectivity index (χ0) is 10.6. The quantitative estimate of drug-likeness (QED) is 0.762. The Kier molecular flexibility index (Phi) is 4.22. The summed E-state index contributed by atoms with van der Waals surface area (Å²) in [6, 6.07) is 0.0606. The summed E-state index contributed by atoms with van der Waals surface area (Å²) in [6.45, 7) is 7.91. The van der Waals surface area contributed by atoms with E-state index in [1.807, 2.05) is 6.08 Å². The van der Waals surface area contributed by atoms with E-state index in [2.05, 4.69) is 30.0 Å². The van der Waals surface area contributed by atoms with Crippen LogP contribution in [0.15, 0.2) is 12.7 Å². The number of hydrogen-bond acceptors (Lipinski definition) is 4. The average Bonchev–Trinajstić information content (AvgIpc) is 2.62. The zero-order valence-corrected chi connectivity index (χ0v) is 9.55. The molecule has 2 N–H and O–H groups in total. The monoisotopic (exact) mass is 211 g/mol. The van der Waals surface area contributed by atoms with Crippen molar-refractivity contribution < 1.29 is 0 Å². The van der Waals surface area contributed by atoms with Crippen LogP contribution in [0.2, 0.25) is 0 Å². The van der Waals surface area contributed by atoms with Gasteiger partial charge >= 0.3 is 0 Å². The first-order chi connectivity index (χ1) is 6.66. The molecule has 0 fully saturated rings. The van der Waals surface area contributed by atoms with Gasteiger partial charge in [0, 0.05) is 6.04 Å². The van der Waals surface area contributed by atoms with Crippen molar-refractivity contribution in [3.63, 3.8) is 0 Å². The largest absolute Gasteiger partial charge is 0.323 e. The topological polar surface area (TPSA) is 51.8 Å². The summed E-state index contributed by atoms with van der Waals surface area (Å²) in [6.07, 6.45) is 3.76. The summed E-state index contributed by atoms with van der Waals surface area (Å²) < 4.78 is 3.96. The van der Waals surface area contributed by atoms with E-state index in [0.717, 1.165) is 23.4 Å². The van der Waals surface area contributed by atoms with Crippen molar-refractivity contribution in [2.75, 3.05) is 0 Å². The lowest BCUT2D eigenvalue weighted by atomic mass is 10.0. The highest BCUT2D eigenvalue weighted by atomic mass is 32.1. The standard InChI is InChI=1S/C10H17N3S/c1-4-5-6-8(11)10-9(7(2)3)12-13-14-10/h4,7-8H,1,5-6,11H2,2-3H3. The number of aromatic nitrogens is 2. The minimum absolute atomic E-state index is 0.0606. The Labute approximate surface area is 89.2 Å². The van der Waals surface area contributed by atoms with Crippen LogP contribution in [-0.2, 0) is 0 Å². The maximum Gasteiger partial charge on any atom is 0.0828 e. The van der Waals surface area contributed by atoms with Crippen LogP contribution in [0, 0.1) is 0 Å². The van der Waals surface area contributed by atoms with Gasteiger partial charge in [0.2, 0.25) is 0 Å². The van der Waals surface area contributed by atoms with Gasteiger partial charge in [0.1, 0.15) is 0 Å². The van der Waals surface area contributed by atoms with Crippen molar-refractivity contribution in [2.24, 2.45) is 5.73 Å². The van der Waals surface area contributed by atoms with Gasteiger partial charge in [-0.2, -0.15) is 0 Å². The Morgan fingerprint density at radius 1 is 1.57 bits per heavy atom. The molecule has 0 bridgehead atoms. The molecule has 0 saturated heterocycles. The molecule has 0 spiro atoms. The molecule has 0 amide bonds. The fourth-order valence-electron chi connectivity index (χ4n) is 1.29. The van der Waals surface area contributed by atoms with Crippen molar-refractivity contribution >= 4 is 11.5 Å². The summed E-state index contributed by atoms with van der Waals surface area (Å²) in [5.41, 5.74) is 7.09. The summed E-state index contributed by atoms with van der Waals surface area (Å²) in [7, 11) is 0. The molecule has 1 atom stereocenters. The first-order valence-corrected chi connectivity index (χ1v) is 5.62. The molecule has 1 rings (SSSR count). The lowest BCUT2D eigenvalue weighted by Gasteiger charge is -2.10. The molecule has 1 heterocycles. The van der Waals surface area contributed by atoms with Gasteiger partial charge in [-0.05, 0) is 30.3 Å². The van der Waals surface area contributed by atoms with Gasteiger partial charge in [-0.1, -0.05) is 24.4 Å². The fourth-order valence-corrected chi connectivity index (χ4v) is 2.13. The van der Waals surface area contributed by atoms with Crippen LogP contribution in [0.5, 0.6) is 0 Å². The van der Waals surface area contributed by atoms with Crippen LogP contribution in [0.3, 0.4) is 0 Å². The molecule has 1 unspecified atom stereocenters. The second-order valence-corrected chi connectivity index (χ2v) is 4.44. The first-order valence-electron chi connectivity index (χ1n) is 4.85.